The molecule has 1 aliphatic carbocycles. The fourth-order valence-electron chi connectivity index (χ4n) is 2.89. The molecule has 18 heavy (non-hydrogen) atoms. The van der Waals surface area contributed by atoms with Crippen LogP contribution in [0, 0.1) is 12.8 Å². The second kappa shape index (κ2) is 4.84. The van der Waals surface area contributed by atoms with Crippen LogP contribution in [0.4, 0.5) is 5.82 Å². The number of aryl methyl sites for hydroxylation is 1. The van der Waals surface area contributed by atoms with E-state index in [9.17, 15) is 0 Å². The summed E-state index contributed by atoms with van der Waals surface area (Å²) in [7, 11) is 0. The van der Waals surface area contributed by atoms with Gasteiger partial charge in [0, 0.05) is 6.04 Å². The molecular weight excluding hydrogens is 242 g/mol. The van der Waals surface area contributed by atoms with Gasteiger partial charge in [0.15, 0.2) is 0 Å². The van der Waals surface area contributed by atoms with E-state index in [1.807, 2.05) is 0 Å². The Morgan fingerprint density at radius 3 is 3.06 bits per heavy atom. The minimum Gasteiger partial charge on any atom is -0.367 e. The quantitative estimate of drug-likeness (QED) is 0.888. The summed E-state index contributed by atoms with van der Waals surface area (Å²) in [6.45, 7) is 4.48. The number of aromatic nitrogens is 2. The molecule has 96 valence electrons. The number of anilines is 1. The van der Waals surface area contributed by atoms with Gasteiger partial charge in [-0.2, -0.15) is 0 Å². The third kappa shape index (κ3) is 2.21. The zero-order valence-electron chi connectivity index (χ0n) is 10.9. The standard InChI is InChI=1S/C14H19N3S/c1-9-4-3-5-11(6-9)17-13-12-10(2)7-18-14(12)16-8-15-13/h7-9,11H,3-6H2,1-2H3,(H,15,16,17). The molecule has 0 spiro atoms. The number of nitrogens with one attached hydrogen (secondary N) is 1. The second-order valence-electron chi connectivity index (χ2n) is 5.43. The first-order valence-corrected chi connectivity index (χ1v) is 7.57. The van der Waals surface area contributed by atoms with Crippen LogP contribution >= 0.6 is 11.3 Å². The topological polar surface area (TPSA) is 37.8 Å². The molecule has 2 aromatic heterocycles. The van der Waals surface area contributed by atoms with Crippen LogP contribution in [0.2, 0.25) is 0 Å². The molecule has 0 aliphatic heterocycles. The maximum Gasteiger partial charge on any atom is 0.138 e. The molecule has 2 unspecified atom stereocenters. The minimum atomic E-state index is 0.575. The lowest BCUT2D eigenvalue weighted by atomic mass is 9.87. The molecule has 0 bridgehead atoms. The molecule has 0 saturated heterocycles. The Bertz CT molecular complexity index is 549. The van der Waals surface area contributed by atoms with E-state index in [0.717, 1.165) is 16.6 Å². The van der Waals surface area contributed by atoms with Gasteiger partial charge in [-0.05, 0) is 36.6 Å². The third-order valence-electron chi connectivity index (χ3n) is 3.83. The first kappa shape index (κ1) is 11.9. The molecule has 3 rings (SSSR count). The monoisotopic (exact) mass is 261 g/mol. The van der Waals surface area contributed by atoms with Crippen molar-refractivity contribution in [3.63, 3.8) is 0 Å². The van der Waals surface area contributed by atoms with Crippen molar-refractivity contribution in [2.24, 2.45) is 5.92 Å². The lowest BCUT2D eigenvalue weighted by Gasteiger charge is -2.28. The van der Waals surface area contributed by atoms with Crippen molar-refractivity contribution in [2.75, 3.05) is 5.32 Å². The predicted octanol–water partition coefficient (Wildman–Crippen LogP) is 3.99. The van der Waals surface area contributed by atoms with E-state index in [1.165, 1.54) is 36.6 Å². The Hall–Kier alpha value is -1.16. The molecular formula is C14H19N3S. The normalized spacial score (nSPS) is 24.3. The molecule has 3 nitrogen and oxygen atoms in total. The smallest absolute Gasteiger partial charge is 0.138 e. The van der Waals surface area contributed by atoms with Gasteiger partial charge in [0.25, 0.3) is 0 Å². The van der Waals surface area contributed by atoms with Crippen LogP contribution in [0.15, 0.2) is 11.7 Å². The Balaban J connectivity index is 1.88. The maximum absolute atomic E-state index is 4.44. The van der Waals surface area contributed by atoms with E-state index in [2.05, 4.69) is 34.5 Å². The summed E-state index contributed by atoms with van der Waals surface area (Å²) in [6, 6.07) is 0.575. The van der Waals surface area contributed by atoms with Crippen molar-refractivity contribution in [3.8, 4) is 0 Å². The molecule has 1 saturated carbocycles. The third-order valence-corrected chi connectivity index (χ3v) is 4.84. The van der Waals surface area contributed by atoms with Gasteiger partial charge in [0.05, 0.1) is 5.39 Å². The van der Waals surface area contributed by atoms with Crippen molar-refractivity contribution < 1.29 is 0 Å². The average Bonchev–Trinajstić information content (AvgIpc) is 2.72. The summed E-state index contributed by atoms with van der Waals surface area (Å²) in [6.07, 6.45) is 6.89. The molecule has 0 amide bonds. The first-order chi connectivity index (χ1) is 8.74. The van der Waals surface area contributed by atoms with Crippen molar-refractivity contribution in [2.45, 2.75) is 45.6 Å². The minimum absolute atomic E-state index is 0.575. The van der Waals surface area contributed by atoms with E-state index in [4.69, 9.17) is 0 Å². The number of fused-ring (bicyclic) bond motifs is 1. The van der Waals surface area contributed by atoms with Gasteiger partial charge in [-0.3, -0.25) is 0 Å². The molecule has 0 radical (unpaired) electrons. The molecule has 1 aliphatic rings. The van der Waals surface area contributed by atoms with E-state index in [-0.39, 0.29) is 0 Å². The van der Waals surface area contributed by atoms with Crippen LogP contribution in [-0.4, -0.2) is 16.0 Å². The van der Waals surface area contributed by atoms with Crippen LogP contribution in [0.3, 0.4) is 0 Å². The van der Waals surface area contributed by atoms with Crippen molar-refractivity contribution in [1.29, 1.82) is 0 Å². The van der Waals surface area contributed by atoms with Crippen LogP contribution < -0.4 is 5.32 Å². The van der Waals surface area contributed by atoms with Gasteiger partial charge in [0.1, 0.15) is 17.0 Å². The lowest BCUT2D eigenvalue weighted by Crippen LogP contribution is -2.26. The predicted molar refractivity (Wildman–Crippen MR) is 77.2 cm³/mol. The Labute approximate surface area is 112 Å². The van der Waals surface area contributed by atoms with E-state index >= 15 is 0 Å². The van der Waals surface area contributed by atoms with Gasteiger partial charge in [-0.15, -0.1) is 11.3 Å². The second-order valence-corrected chi connectivity index (χ2v) is 6.29. The maximum atomic E-state index is 4.44. The van der Waals surface area contributed by atoms with Gasteiger partial charge in [-0.25, -0.2) is 9.97 Å². The van der Waals surface area contributed by atoms with Crippen LogP contribution in [0.25, 0.3) is 10.2 Å². The largest absolute Gasteiger partial charge is 0.367 e. The molecule has 1 fully saturated rings. The highest BCUT2D eigenvalue weighted by atomic mass is 32.1. The van der Waals surface area contributed by atoms with E-state index in [0.29, 0.717) is 6.04 Å². The summed E-state index contributed by atoms with van der Waals surface area (Å²) < 4.78 is 0. The SMILES string of the molecule is Cc1csc2ncnc(NC3CCCC(C)C3)c12. The summed E-state index contributed by atoms with van der Waals surface area (Å²) in [5.41, 5.74) is 1.28. The lowest BCUT2D eigenvalue weighted by molar-refractivity contribution is 0.358. The Kier molecular flexibility index (Phi) is 3.20. The highest BCUT2D eigenvalue weighted by molar-refractivity contribution is 7.17. The first-order valence-electron chi connectivity index (χ1n) is 6.69. The summed E-state index contributed by atoms with van der Waals surface area (Å²) >= 11 is 1.70. The Morgan fingerprint density at radius 2 is 2.22 bits per heavy atom. The Morgan fingerprint density at radius 1 is 1.33 bits per heavy atom. The number of hydrogen-bond donors (Lipinski definition) is 1. The van der Waals surface area contributed by atoms with Gasteiger partial charge < -0.3 is 5.32 Å². The fourth-order valence-corrected chi connectivity index (χ4v) is 3.78. The summed E-state index contributed by atoms with van der Waals surface area (Å²) in [5.74, 6) is 1.86. The van der Waals surface area contributed by atoms with E-state index < -0.39 is 0 Å². The van der Waals surface area contributed by atoms with Crippen molar-refractivity contribution in [1.82, 2.24) is 9.97 Å². The fraction of sp³-hybridized carbons (Fsp3) is 0.571. The zero-order valence-corrected chi connectivity index (χ0v) is 11.8. The van der Waals surface area contributed by atoms with Crippen LogP contribution in [0.1, 0.15) is 38.2 Å². The van der Waals surface area contributed by atoms with Gasteiger partial charge in [-0.1, -0.05) is 19.8 Å². The molecule has 2 aromatic rings. The van der Waals surface area contributed by atoms with E-state index in [1.54, 1.807) is 17.7 Å². The van der Waals surface area contributed by atoms with Gasteiger partial charge >= 0.3 is 0 Å². The number of nitrogens with zero attached hydrogens (tertiary/aromatic N) is 2. The highest BCUT2D eigenvalue weighted by Crippen LogP contribution is 2.31. The number of hydrogen-bond acceptors (Lipinski definition) is 4. The highest BCUT2D eigenvalue weighted by Gasteiger charge is 2.20. The summed E-state index contributed by atoms with van der Waals surface area (Å²) in [5, 5.41) is 7.01. The molecule has 0 aromatic carbocycles. The zero-order chi connectivity index (χ0) is 12.5. The average molecular weight is 261 g/mol. The van der Waals surface area contributed by atoms with Gasteiger partial charge in [0.2, 0.25) is 0 Å². The van der Waals surface area contributed by atoms with Crippen LogP contribution in [-0.2, 0) is 0 Å². The molecule has 1 N–H and O–H groups in total. The number of rotatable bonds is 2. The summed E-state index contributed by atoms with van der Waals surface area (Å²) in [4.78, 5) is 9.87. The van der Waals surface area contributed by atoms with Crippen molar-refractivity contribution >= 4 is 27.4 Å². The molecule has 2 heterocycles. The molecule has 2 atom stereocenters. The van der Waals surface area contributed by atoms with Crippen molar-refractivity contribution in [3.05, 3.63) is 17.3 Å². The molecule has 4 heteroatoms. The number of thiophene rings is 1. The van der Waals surface area contributed by atoms with Crippen LogP contribution in [0.5, 0.6) is 0 Å².